The number of amides is 1. The fourth-order valence-electron chi connectivity index (χ4n) is 4.39. The van der Waals surface area contributed by atoms with Gasteiger partial charge in [-0.15, -0.1) is 22.9 Å². The molecule has 3 heterocycles. The Morgan fingerprint density at radius 1 is 1.00 bits per heavy atom. The molecule has 5 aromatic rings. The van der Waals surface area contributed by atoms with Crippen LogP contribution in [0.4, 0.5) is 0 Å². The van der Waals surface area contributed by atoms with E-state index < -0.39 is 5.38 Å². The minimum atomic E-state index is -0.671. The van der Waals surface area contributed by atoms with Crippen LogP contribution < -0.4 is 11.0 Å². The van der Waals surface area contributed by atoms with E-state index in [0.29, 0.717) is 32.6 Å². The molecule has 1 saturated heterocycles. The molecule has 1 amide bonds. The average Bonchev–Trinajstić information content (AvgIpc) is 3.41. The summed E-state index contributed by atoms with van der Waals surface area (Å²) in [7, 11) is 0. The largest absolute Gasteiger partial charge is 0.272 e. The maximum Gasteiger partial charge on any atom is 0.267 e. The molecule has 0 saturated carbocycles. The van der Waals surface area contributed by atoms with Crippen LogP contribution in [0.3, 0.4) is 0 Å². The van der Waals surface area contributed by atoms with E-state index in [4.69, 9.17) is 33.2 Å². The lowest BCUT2D eigenvalue weighted by atomic mass is 9.95. The summed E-state index contributed by atoms with van der Waals surface area (Å²) in [5, 5.41) is 4.26. The number of aromatic nitrogens is 3. The zero-order valence-electron chi connectivity index (χ0n) is 19.5. The predicted molar refractivity (Wildman–Crippen MR) is 154 cm³/mol. The van der Waals surface area contributed by atoms with Gasteiger partial charge in [-0.05, 0) is 35.9 Å². The molecule has 1 N–H and O–H groups in total. The van der Waals surface area contributed by atoms with Crippen LogP contribution in [0.5, 0.6) is 0 Å². The molecule has 7 nitrogen and oxygen atoms in total. The fourth-order valence-corrected chi connectivity index (χ4v) is 6.09. The van der Waals surface area contributed by atoms with E-state index in [1.165, 1.54) is 20.9 Å². The summed E-state index contributed by atoms with van der Waals surface area (Å²) in [5.41, 5.74) is 5.96. The van der Waals surface area contributed by atoms with Crippen LogP contribution in [0.15, 0.2) is 87.4 Å². The Bertz CT molecular complexity index is 1730. The van der Waals surface area contributed by atoms with Crippen molar-refractivity contribution in [2.75, 3.05) is 0 Å². The van der Waals surface area contributed by atoms with E-state index in [1.807, 2.05) is 53.9 Å². The van der Waals surface area contributed by atoms with Crippen LogP contribution in [0.1, 0.15) is 17.4 Å². The van der Waals surface area contributed by atoms with E-state index >= 15 is 0 Å². The molecule has 0 radical (unpaired) electrons. The summed E-state index contributed by atoms with van der Waals surface area (Å²) < 4.78 is 2.26. The van der Waals surface area contributed by atoms with Gasteiger partial charge in [0.05, 0.1) is 29.2 Å². The van der Waals surface area contributed by atoms with E-state index in [9.17, 15) is 9.59 Å². The van der Waals surface area contributed by atoms with Crippen molar-refractivity contribution in [2.45, 2.75) is 18.0 Å². The Hall–Kier alpha value is -3.08. The van der Waals surface area contributed by atoms with Crippen LogP contribution in [0.25, 0.3) is 27.3 Å². The van der Waals surface area contributed by atoms with Gasteiger partial charge in [0.2, 0.25) is 0 Å². The molecule has 0 bridgehead atoms. The highest BCUT2D eigenvalue weighted by molar-refractivity contribution is 9.10. The number of hydrogen-bond donors (Lipinski definition) is 1. The highest BCUT2D eigenvalue weighted by atomic mass is 79.9. The molecule has 11 heteroatoms. The highest BCUT2D eigenvalue weighted by Gasteiger charge is 2.47. The first kappa shape index (κ1) is 25.2. The summed E-state index contributed by atoms with van der Waals surface area (Å²) in [6, 6.07) is 22.0. The highest BCUT2D eigenvalue weighted by Crippen LogP contribution is 2.37. The summed E-state index contributed by atoms with van der Waals surface area (Å²) >= 11 is 17.2. The molecule has 2 unspecified atom stereocenters. The van der Waals surface area contributed by atoms with Crippen molar-refractivity contribution in [3.05, 3.63) is 109 Å². The molecule has 2 aromatic heterocycles. The number of carbonyl (C=O) groups is 1. The zero-order chi connectivity index (χ0) is 26.4. The summed E-state index contributed by atoms with van der Waals surface area (Å²) in [4.78, 5) is 35.9. The van der Waals surface area contributed by atoms with Gasteiger partial charge in [0.1, 0.15) is 11.2 Å². The van der Waals surface area contributed by atoms with Crippen LogP contribution in [0.2, 0.25) is 5.02 Å². The number of fused-ring (bicyclic) bond motifs is 1. The Morgan fingerprint density at radius 3 is 2.53 bits per heavy atom. The summed E-state index contributed by atoms with van der Waals surface area (Å²) in [6.45, 7) is 0.107. The Morgan fingerprint density at radius 2 is 1.76 bits per heavy atom. The van der Waals surface area contributed by atoms with Gasteiger partial charge >= 0.3 is 0 Å². The van der Waals surface area contributed by atoms with Crippen molar-refractivity contribution in [3.8, 4) is 16.4 Å². The van der Waals surface area contributed by atoms with Gasteiger partial charge in [-0.1, -0.05) is 70.0 Å². The van der Waals surface area contributed by atoms with Crippen molar-refractivity contribution in [3.63, 3.8) is 0 Å². The first-order valence-electron chi connectivity index (χ1n) is 11.6. The maximum atomic E-state index is 13.7. The molecule has 38 heavy (non-hydrogen) atoms. The number of hydrogen-bond acceptors (Lipinski definition) is 6. The van der Waals surface area contributed by atoms with Gasteiger partial charge in [0.15, 0.2) is 5.13 Å². The van der Waals surface area contributed by atoms with Crippen LogP contribution >= 0.6 is 50.5 Å². The van der Waals surface area contributed by atoms with Crippen LogP contribution in [-0.4, -0.2) is 30.8 Å². The van der Waals surface area contributed by atoms with Gasteiger partial charge in [-0.2, -0.15) is 0 Å². The molecule has 3 aromatic carbocycles. The van der Waals surface area contributed by atoms with Gasteiger partial charge in [0, 0.05) is 20.4 Å². The van der Waals surface area contributed by atoms with Gasteiger partial charge < -0.3 is 0 Å². The molecule has 1 aliphatic rings. The van der Waals surface area contributed by atoms with Gasteiger partial charge in [-0.25, -0.2) is 20.0 Å². The second-order valence-electron chi connectivity index (χ2n) is 8.65. The third kappa shape index (κ3) is 4.54. The number of hydrazine groups is 1. The first-order valence-corrected chi connectivity index (χ1v) is 14.1. The molecule has 2 atom stereocenters. The number of thiazole rings is 1. The van der Waals surface area contributed by atoms with Gasteiger partial charge in [-0.3, -0.25) is 14.6 Å². The quantitative estimate of drug-likeness (QED) is 0.181. The number of carbonyl (C=O) groups excluding carboxylic acids is 1. The lowest BCUT2D eigenvalue weighted by molar-refractivity contribution is -0.151. The molecule has 0 aliphatic carbocycles. The minimum absolute atomic E-state index is 0.107. The Kier molecular flexibility index (Phi) is 6.79. The lowest BCUT2D eigenvalue weighted by Crippen LogP contribution is -2.61. The van der Waals surface area contributed by atoms with Crippen molar-refractivity contribution >= 4 is 67.3 Å². The van der Waals surface area contributed by atoms with Gasteiger partial charge in [0.25, 0.3) is 11.5 Å². The SMILES string of the molecule is O=C1C(Cl)C(c2ccccc2)N1NCc1nc2ccc(Br)cc2c(=O)n1-c1nc(-c2ccc(Cl)cc2)cs1. The Labute approximate surface area is 239 Å². The predicted octanol–water partition coefficient (Wildman–Crippen LogP) is 6.12. The number of alkyl halides is 1. The Balaban J connectivity index is 1.39. The second kappa shape index (κ2) is 10.2. The van der Waals surface area contributed by atoms with E-state index in [0.717, 1.165) is 15.6 Å². The first-order chi connectivity index (χ1) is 18.4. The fraction of sp³-hybridized carbons (Fsp3) is 0.111. The molecule has 1 fully saturated rings. The molecule has 6 rings (SSSR count). The smallest absolute Gasteiger partial charge is 0.267 e. The molecule has 190 valence electrons. The third-order valence-electron chi connectivity index (χ3n) is 6.30. The lowest BCUT2D eigenvalue weighted by Gasteiger charge is -2.44. The number of benzene rings is 3. The third-order valence-corrected chi connectivity index (χ3v) is 8.30. The van der Waals surface area contributed by atoms with E-state index in [2.05, 4.69) is 21.4 Å². The number of rotatable bonds is 6. The molecular weight excluding hydrogens is 609 g/mol. The monoisotopic (exact) mass is 625 g/mol. The number of β-lactam (4-membered cyclic amide) rings is 1. The summed E-state index contributed by atoms with van der Waals surface area (Å²) in [5.74, 6) is 0.179. The zero-order valence-corrected chi connectivity index (χ0v) is 23.4. The van der Waals surface area contributed by atoms with E-state index in [1.54, 1.807) is 24.3 Å². The average molecular weight is 627 g/mol. The second-order valence-corrected chi connectivity index (χ2v) is 11.3. The molecule has 0 spiro atoms. The topological polar surface area (TPSA) is 80.1 Å². The van der Waals surface area contributed by atoms with Crippen molar-refractivity contribution < 1.29 is 4.79 Å². The van der Waals surface area contributed by atoms with Crippen LogP contribution in [-0.2, 0) is 11.3 Å². The number of halogens is 3. The number of nitrogens with one attached hydrogen (secondary N) is 1. The summed E-state index contributed by atoms with van der Waals surface area (Å²) in [6.07, 6.45) is 0. The minimum Gasteiger partial charge on any atom is -0.272 e. The van der Waals surface area contributed by atoms with Crippen molar-refractivity contribution in [2.24, 2.45) is 0 Å². The maximum absolute atomic E-state index is 13.7. The van der Waals surface area contributed by atoms with Crippen molar-refractivity contribution in [1.82, 2.24) is 25.0 Å². The van der Waals surface area contributed by atoms with Crippen molar-refractivity contribution in [1.29, 1.82) is 0 Å². The molecule has 1 aliphatic heterocycles. The normalized spacial score (nSPS) is 17.1. The van der Waals surface area contributed by atoms with E-state index in [-0.39, 0.29) is 24.1 Å². The van der Waals surface area contributed by atoms with Crippen LogP contribution in [0, 0.1) is 0 Å². The number of nitrogens with zero attached hydrogens (tertiary/aromatic N) is 4. The standard InChI is InChI=1S/C27H18BrCl2N5O2S/c28-17-8-11-20-19(12-17)25(36)34(27-33-21(14-38-27)15-6-9-18(29)10-7-15)22(32-20)13-31-35-24(23(30)26(35)37)16-4-2-1-3-5-16/h1-12,14,23-24,31H,13H2. The molecular formula is C27H18BrCl2N5O2S.